The summed E-state index contributed by atoms with van der Waals surface area (Å²) in [5, 5.41) is 8.78. The fourth-order valence-electron chi connectivity index (χ4n) is 1.56. The van der Waals surface area contributed by atoms with E-state index in [1.807, 2.05) is 6.07 Å². The predicted octanol–water partition coefficient (Wildman–Crippen LogP) is 2.89. The zero-order valence-corrected chi connectivity index (χ0v) is 10.9. The van der Waals surface area contributed by atoms with Crippen LogP contribution in [0.2, 0.25) is 0 Å². The van der Waals surface area contributed by atoms with E-state index in [1.165, 1.54) is 12.3 Å². The lowest BCUT2D eigenvalue weighted by atomic mass is 10.1. The van der Waals surface area contributed by atoms with Crippen LogP contribution in [0.4, 0.5) is 4.39 Å². The first-order valence-corrected chi connectivity index (χ1v) is 6.02. The molecule has 0 fully saturated rings. The van der Waals surface area contributed by atoms with E-state index in [0.717, 1.165) is 0 Å². The Kier molecular flexibility index (Phi) is 4.32. The van der Waals surface area contributed by atoms with Crippen molar-refractivity contribution in [3.63, 3.8) is 0 Å². The molecule has 1 aromatic carbocycles. The summed E-state index contributed by atoms with van der Waals surface area (Å²) in [6.07, 6.45) is 3.04. The molecule has 1 aromatic heterocycles. The number of ether oxygens (including phenoxy) is 1. The van der Waals surface area contributed by atoms with Gasteiger partial charge in [0.2, 0.25) is 0 Å². The molecule has 1 heterocycles. The highest BCUT2D eigenvalue weighted by Gasteiger charge is 2.02. The van der Waals surface area contributed by atoms with Crippen LogP contribution in [0.1, 0.15) is 23.6 Å². The fraction of sp³-hybridized carbons (Fsp3) is 0.125. The fourth-order valence-corrected chi connectivity index (χ4v) is 1.56. The third kappa shape index (κ3) is 3.34. The summed E-state index contributed by atoms with van der Waals surface area (Å²) in [5.41, 5.74) is 1.72. The molecule has 0 atom stereocenters. The van der Waals surface area contributed by atoms with Crippen LogP contribution in [0.15, 0.2) is 36.7 Å². The first-order valence-electron chi connectivity index (χ1n) is 6.02. The minimum Gasteiger partial charge on any atom is -0.491 e. The van der Waals surface area contributed by atoms with Crippen LogP contribution in [0, 0.1) is 29.0 Å². The van der Waals surface area contributed by atoms with Gasteiger partial charge in [0.1, 0.15) is 6.07 Å². The summed E-state index contributed by atoms with van der Waals surface area (Å²) >= 11 is 0. The van der Waals surface area contributed by atoms with Gasteiger partial charge in [0.15, 0.2) is 11.6 Å². The molecular formula is C16H11FN2O. The number of halogens is 1. The Labute approximate surface area is 116 Å². The van der Waals surface area contributed by atoms with Gasteiger partial charge in [0.25, 0.3) is 0 Å². The zero-order chi connectivity index (χ0) is 14.4. The molecule has 0 aliphatic rings. The maximum Gasteiger partial charge on any atom is 0.165 e. The van der Waals surface area contributed by atoms with E-state index in [0.29, 0.717) is 23.3 Å². The highest BCUT2D eigenvalue weighted by atomic mass is 19.1. The lowest BCUT2D eigenvalue weighted by Crippen LogP contribution is -1.94. The van der Waals surface area contributed by atoms with Crippen molar-refractivity contribution in [3.05, 3.63) is 59.2 Å². The maximum atomic E-state index is 13.4. The van der Waals surface area contributed by atoms with Crippen molar-refractivity contribution in [2.24, 2.45) is 0 Å². The average molecular weight is 266 g/mol. The smallest absolute Gasteiger partial charge is 0.165 e. The summed E-state index contributed by atoms with van der Waals surface area (Å²) in [5.74, 6) is 5.55. The molecule has 4 heteroatoms. The Morgan fingerprint density at radius 1 is 1.15 bits per heavy atom. The normalized spacial score (nSPS) is 9.25. The summed E-state index contributed by atoms with van der Waals surface area (Å²) < 4.78 is 18.6. The Morgan fingerprint density at radius 3 is 2.65 bits per heavy atom. The summed E-state index contributed by atoms with van der Waals surface area (Å²) in [6, 6.07) is 8.09. The van der Waals surface area contributed by atoms with Crippen molar-refractivity contribution in [3.8, 4) is 23.7 Å². The van der Waals surface area contributed by atoms with Gasteiger partial charge in [0.05, 0.1) is 12.2 Å². The lowest BCUT2D eigenvalue weighted by Gasteiger charge is -2.04. The second-order valence-electron chi connectivity index (χ2n) is 3.90. The van der Waals surface area contributed by atoms with Gasteiger partial charge in [-0.05, 0) is 31.2 Å². The van der Waals surface area contributed by atoms with E-state index >= 15 is 0 Å². The van der Waals surface area contributed by atoms with Gasteiger partial charge in [-0.15, -0.1) is 0 Å². The zero-order valence-electron chi connectivity index (χ0n) is 10.9. The van der Waals surface area contributed by atoms with Crippen LogP contribution in [0.5, 0.6) is 5.75 Å². The molecule has 0 saturated heterocycles. The molecule has 0 unspecified atom stereocenters. The van der Waals surface area contributed by atoms with Crippen molar-refractivity contribution in [1.82, 2.24) is 4.98 Å². The van der Waals surface area contributed by atoms with Crippen molar-refractivity contribution in [2.45, 2.75) is 6.92 Å². The van der Waals surface area contributed by atoms with Crippen LogP contribution in [-0.4, -0.2) is 11.6 Å². The molecule has 20 heavy (non-hydrogen) atoms. The van der Waals surface area contributed by atoms with Crippen LogP contribution in [0.3, 0.4) is 0 Å². The Bertz CT molecular complexity index is 723. The number of pyridine rings is 1. The molecule has 0 aliphatic carbocycles. The summed E-state index contributed by atoms with van der Waals surface area (Å²) in [6.45, 7) is 2.18. The van der Waals surface area contributed by atoms with Crippen molar-refractivity contribution in [2.75, 3.05) is 6.61 Å². The standard InChI is InChI=1S/C16H11FN2O/c1-2-20-16-8-12(5-6-15(16)17)3-4-13-7-14(9-18)11-19-10-13/h5-8,10-11H,2H2,1H3. The third-order valence-corrected chi connectivity index (χ3v) is 2.45. The monoisotopic (exact) mass is 266 g/mol. The van der Waals surface area contributed by atoms with E-state index in [4.69, 9.17) is 10.00 Å². The van der Waals surface area contributed by atoms with E-state index in [2.05, 4.69) is 16.8 Å². The van der Waals surface area contributed by atoms with Gasteiger partial charge in [-0.25, -0.2) is 4.39 Å². The number of nitriles is 1. The maximum absolute atomic E-state index is 13.4. The van der Waals surface area contributed by atoms with Crippen LogP contribution >= 0.6 is 0 Å². The lowest BCUT2D eigenvalue weighted by molar-refractivity contribution is 0.321. The van der Waals surface area contributed by atoms with Gasteiger partial charge in [-0.3, -0.25) is 4.98 Å². The molecule has 3 nitrogen and oxygen atoms in total. The SMILES string of the molecule is CCOc1cc(C#Cc2cncc(C#N)c2)ccc1F. The predicted molar refractivity (Wildman–Crippen MR) is 72.5 cm³/mol. The van der Waals surface area contributed by atoms with Crippen molar-refractivity contribution in [1.29, 1.82) is 5.26 Å². The molecule has 0 spiro atoms. The molecule has 0 radical (unpaired) electrons. The number of benzene rings is 1. The number of aromatic nitrogens is 1. The minimum atomic E-state index is -0.412. The van der Waals surface area contributed by atoms with Crippen LogP contribution < -0.4 is 4.74 Å². The highest BCUT2D eigenvalue weighted by Crippen LogP contribution is 2.18. The Balaban J connectivity index is 2.28. The number of rotatable bonds is 2. The quantitative estimate of drug-likeness (QED) is 0.785. The van der Waals surface area contributed by atoms with Gasteiger partial charge < -0.3 is 4.74 Å². The molecular weight excluding hydrogens is 255 g/mol. The number of nitrogens with zero attached hydrogens (tertiary/aromatic N) is 2. The van der Waals surface area contributed by atoms with E-state index in [9.17, 15) is 4.39 Å². The molecule has 98 valence electrons. The highest BCUT2D eigenvalue weighted by molar-refractivity contribution is 5.46. The van der Waals surface area contributed by atoms with E-state index < -0.39 is 5.82 Å². The second kappa shape index (κ2) is 6.36. The van der Waals surface area contributed by atoms with E-state index in [1.54, 1.807) is 31.3 Å². The average Bonchev–Trinajstić information content (AvgIpc) is 2.48. The van der Waals surface area contributed by atoms with E-state index in [-0.39, 0.29) is 5.75 Å². The molecule has 2 rings (SSSR count). The molecule has 0 bridgehead atoms. The molecule has 0 amide bonds. The topological polar surface area (TPSA) is 45.9 Å². The molecule has 2 aromatic rings. The molecule has 0 N–H and O–H groups in total. The number of hydrogen-bond donors (Lipinski definition) is 0. The Morgan fingerprint density at radius 2 is 1.90 bits per heavy atom. The van der Waals surface area contributed by atoms with Gasteiger partial charge in [-0.2, -0.15) is 5.26 Å². The van der Waals surface area contributed by atoms with Crippen LogP contribution in [-0.2, 0) is 0 Å². The third-order valence-electron chi connectivity index (χ3n) is 2.45. The van der Waals surface area contributed by atoms with Gasteiger partial charge in [-0.1, -0.05) is 11.8 Å². The van der Waals surface area contributed by atoms with Gasteiger partial charge >= 0.3 is 0 Å². The van der Waals surface area contributed by atoms with Crippen LogP contribution in [0.25, 0.3) is 0 Å². The van der Waals surface area contributed by atoms with Crippen molar-refractivity contribution < 1.29 is 9.13 Å². The van der Waals surface area contributed by atoms with Crippen molar-refractivity contribution >= 4 is 0 Å². The summed E-state index contributed by atoms with van der Waals surface area (Å²) in [7, 11) is 0. The number of hydrogen-bond acceptors (Lipinski definition) is 3. The first kappa shape index (κ1) is 13.6. The molecule has 0 saturated carbocycles. The minimum absolute atomic E-state index is 0.184. The molecule has 0 aliphatic heterocycles. The first-order chi connectivity index (χ1) is 9.72. The summed E-state index contributed by atoms with van der Waals surface area (Å²) in [4.78, 5) is 3.92. The Hall–Kier alpha value is -2.85. The van der Waals surface area contributed by atoms with Gasteiger partial charge in [0, 0.05) is 23.5 Å². The largest absolute Gasteiger partial charge is 0.491 e. The second-order valence-corrected chi connectivity index (χ2v) is 3.90.